The number of aromatic amines is 2. The summed E-state index contributed by atoms with van der Waals surface area (Å²) in [6.07, 6.45) is 10.4. The molecule has 0 radical (unpaired) electrons. The fourth-order valence-electron chi connectivity index (χ4n) is 7.68. The average Bonchev–Trinajstić information content (AvgIpc) is 3.61. The van der Waals surface area contributed by atoms with E-state index in [1.54, 1.807) is 6.20 Å². The van der Waals surface area contributed by atoms with Crippen LogP contribution in [-0.2, 0) is 15.8 Å². The number of rotatable bonds is 4. The van der Waals surface area contributed by atoms with Crippen molar-refractivity contribution in [1.29, 1.82) is 0 Å². The van der Waals surface area contributed by atoms with Crippen LogP contribution >= 0.6 is 0 Å². The van der Waals surface area contributed by atoms with Crippen molar-refractivity contribution in [3.63, 3.8) is 0 Å². The molecule has 2 saturated carbocycles. The highest BCUT2D eigenvalue weighted by Gasteiger charge is 2.46. The van der Waals surface area contributed by atoms with Gasteiger partial charge in [-0.1, -0.05) is 58.9 Å². The van der Waals surface area contributed by atoms with E-state index in [1.165, 1.54) is 29.6 Å². The third kappa shape index (κ3) is 5.79. The number of H-pyrrole nitrogens is 2. The largest absolute Gasteiger partial charge is 0.405 e. The molecule has 6 N–H and O–H groups in total. The summed E-state index contributed by atoms with van der Waals surface area (Å²) in [5.74, 6) is 2.85. The number of hydrogen-bond acceptors (Lipinski definition) is 5. The van der Waals surface area contributed by atoms with Crippen LogP contribution in [0.5, 0.6) is 0 Å². The van der Waals surface area contributed by atoms with Crippen LogP contribution in [0.4, 0.5) is 0 Å². The first-order valence-corrected chi connectivity index (χ1v) is 16.6. The van der Waals surface area contributed by atoms with Gasteiger partial charge in [0.1, 0.15) is 17.2 Å². The number of ether oxygens (including phenoxy) is 1. The molecule has 2 fully saturated rings. The van der Waals surface area contributed by atoms with E-state index in [-0.39, 0.29) is 5.41 Å². The monoisotopic (exact) mass is 598 g/mol. The Bertz CT molecular complexity index is 1610. The molecule has 2 aliphatic rings. The highest BCUT2D eigenvalue weighted by Crippen LogP contribution is 2.50. The molecule has 2 aromatic heterocycles. The van der Waals surface area contributed by atoms with Gasteiger partial charge in [-0.25, -0.2) is 9.97 Å². The van der Waals surface area contributed by atoms with Crippen LogP contribution in [0.25, 0.3) is 22.1 Å². The summed E-state index contributed by atoms with van der Waals surface area (Å²) in [6, 6.07) is 12.7. The van der Waals surface area contributed by atoms with Gasteiger partial charge in [-0.3, -0.25) is 0 Å². The zero-order valence-electron chi connectivity index (χ0n) is 28.2. The molecule has 2 aromatic carbocycles. The average molecular weight is 599 g/mol. The lowest BCUT2D eigenvalue weighted by Gasteiger charge is -2.44. The third-order valence-corrected chi connectivity index (χ3v) is 9.99. The van der Waals surface area contributed by atoms with E-state index in [1.807, 2.05) is 40.8 Å². The quantitative estimate of drug-likeness (QED) is 0.188. The molecule has 4 atom stereocenters. The summed E-state index contributed by atoms with van der Waals surface area (Å²) in [6.45, 7) is 17.6. The van der Waals surface area contributed by atoms with Gasteiger partial charge in [0, 0.05) is 17.6 Å². The van der Waals surface area contributed by atoms with E-state index < -0.39 is 5.60 Å². The minimum absolute atomic E-state index is 0.00581. The molecule has 7 heteroatoms. The molecule has 2 aliphatic carbocycles. The smallest absolute Gasteiger partial charge is 0.120 e. The second-order valence-electron chi connectivity index (χ2n) is 12.4. The van der Waals surface area contributed by atoms with Crippen LogP contribution in [0.2, 0.25) is 0 Å². The summed E-state index contributed by atoms with van der Waals surface area (Å²) in [4.78, 5) is 16.1. The molecule has 0 saturated heterocycles. The maximum atomic E-state index is 6.39. The zero-order valence-corrected chi connectivity index (χ0v) is 28.2. The fraction of sp³-hybridized carbons (Fsp3) is 0.514. The number of fused-ring (bicyclic) bond motifs is 2. The topological polar surface area (TPSA) is 119 Å². The third-order valence-electron chi connectivity index (χ3n) is 9.99. The Morgan fingerprint density at radius 1 is 0.818 bits per heavy atom. The molecule has 44 heavy (non-hydrogen) atoms. The second kappa shape index (κ2) is 14.0. The maximum Gasteiger partial charge on any atom is 0.120 e. The molecule has 4 aromatic rings. The van der Waals surface area contributed by atoms with Gasteiger partial charge in [0.2, 0.25) is 0 Å². The first-order valence-electron chi connectivity index (χ1n) is 16.6. The minimum Gasteiger partial charge on any atom is -0.405 e. The number of benzene rings is 2. The van der Waals surface area contributed by atoms with E-state index in [9.17, 15) is 0 Å². The van der Waals surface area contributed by atoms with Gasteiger partial charge in [-0.2, -0.15) is 0 Å². The molecule has 6 rings (SSSR count). The molecule has 4 unspecified atom stereocenters. The number of hydrogen-bond donors (Lipinski definition) is 4. The van der Waals surface area contributed by atoms with E-state index in [0.29, 0.717) is 18.4 Å². The lowest BCUT2D eigenvalue weighted by molar-refractivity contribution is -0.0675. The van der Waals surface area contributed by atoms with Crippen LogP contribution in [0.15, 0.2) is 59.9 Å². The Labute approximate surface area is 264 Å². The van der Waals surface area contributed by atoms with Crippen molar-refractivity contribution in [2.45, 2.75) is 105 Å². The number of allylic oxidation sites excluding steroid dienone is 1. The van der Waals surface area contributed by atoms with Crippen molar-refractivity contribution in [2.75, 3.05) is 6.61 Å². The Morgan fingerprint density at radius 2 is 1.32 bits per heavy atom. The first-order chi connectivity index (χ1) is 21.2. The van der Waals surface area contributed by atoms with Gasteiger partial charge < -0.3 is 26.2 Å². The molecule has 0 aliphatic heterocycles. The zero-order chi connectivity index (χ0) is 32.1. The number of aryl methyl sites for hydroxylation is 2. The number of para-hydroxylation sites is 2. The number of nitrogens with zero attached hydrogens (tertiary/aromatic N) is 2. The lowest BCUT2D eigenvalue weighted by Crippen LogP contribution is -2.42. The number of aromatic nitrogens is 4. The predicted octanol–water partition coefficient (Wildman–Crippen LogP) is 8.58. The summed E-state index contributed by atoms with van der Waals surface area (Å²) in [5.41, 5.74) is 20.7. The van der Waals surface area contributed by atoms with E-state index in [4.69, 9.17) is 26.2 Å². The van der Waals surface area contributed by atoms with Crippen LogP contribution < -0.4 is 11.5 Å². The lowest BCUT2D eigenvalue weighted by atomic mass is 9.61. The molecule has 238 valence electrons. The van der Waals surface area contributed by atoms with Gasteiger partial charge >= 0.3 is 0 Å². The van der Waals surface area contributed by atoms with Crippen LogP contribution in [-0.4, -0.2) is 26.5 Å². The Balaban J connectivity index is 0.000000191. The van der Waals surface area contributed by atoms with Gasteiger partial charge in [0.25, 0.3) is 0 Å². The fourth-order valence-corrected chi connectivity index (χ4v) is 7.68. The van der Waals surface area contributed by atoms with Crippen LogP contribution in [0.3, 0.4) is 0 Å². The van der Waals surface area contributed by atoms with Crippen molar-refractivity contribution >= 4 is 22.1 Å². The van der Waals surface area contributed by atoms with Gasteiger partial charge in [0.05, 0.1) is 22.1 Å². The molecule has 0 spiro atoms. The molecule has 2 heterocycles. The van der Waals surface area contributed by atoms with Crippen LogP contribution in [0.1, 0.15) is 103 Å². The number of nitrogens with one attached hydrogen (secondary N) is 2. The number of nitrogens with two attached hydrogens (primary N) is 2. The molecule has 0 amide bonds. The standard InChI is InChI=1S/C18H25N3O.C17H23N3.C2H6/c1-4-22-18(12(2)7-5-8-14(18)11-19)15-9-6-10-16-17(15)21-13(3)20-16;1-11-6-4-7-13(10-18)17(11,3)14-8-5-9-15-16(14)20-12(2)19-15;1-2/h6,9-12H,4-5,7-8,19H2,1-3H3,(H,20,21);5,8-11H,4,6-7,18H2,1-3H3,(H,19,20);1-2H3/b14-11+;13-10+;. The summed E-state index contributed by atoms with van der Waals surface area (Å²) in [5, 5.41) is 0. The minimum atomic E-state index is -0.455. The van der Waals surface area contributed by atoms with Crippen molar-refractivity contribution in [2.24, 2.45) is 23.3 Å². The summed E-state index contributed by atoms with van der Waals surface area (Å²) >= 11 is 0. The normalized spacial score (nSPS) is 27.2. The first kappa shape index (κ1) is 33.3. The highest BCUT2D eigenvalue weighted by atomic mass is 16.5. The highest BCUT2D eigenvalue weighted by molar-refractivity contribution is 5.81. The van der Waals surface area contributed by atoms with E-state index in [0.717, 1.165) is 65.0 Å². The predicted molar refractivity (Wildman–Crippen MR) is 184 cm³/mol. The Kier molecular flexibility index (Phi) is 10.6. The molecular weight excluding hydrogens is 544 g/mol. The SMILES string of the molecule is CC.CCOC1(c2cccc3[nH]c(C)nc23)/C(=C/N)CCCC1C.Cc1nc2c(C3(C)/C(=C/N)CCCC3C)cccc2[nH]1. The van der Waals surface area contributed by atoms with E-state index >= 15 is 0 Å². The van der Waals surface area contributed by atoms with Gasteiger partial charge in [0.15, 0.2) is 0 Å². The van der Waals surface area contributed by atoms with E-state index in [2.05, 4.69) is 67.1 Å². The summed E-state index contributed by atoms with van der Waals surface area (Å²) in [7, 11) is 0. The molecular formula is C37H54N6O. The molecule has 7 nitrogen and oxygen atoms in total. The number of imidazole rings is 2. The second-order valence-corrected chi connectivity index (χ2v) is 12.4. The van der Waals surface area contributed by atoms with Crippen molar-refractivity contribution < 1.29 is 4.74 Å². The van der Waals surface area contributed by atoms with Gasteiger partial charge in [-0.15, -0.1) is 0 Å². The van der Waals surface area contributed by atoms with Crippen LogP contribution in [0, 0.1) is 25.7 Å². The maximum absolute atomic E-state index is 6.39. The Morgan fingerprint density at radius 3 is 1.86 bits per heavy atom. The summed E-state index contributed by atoms with van der Waals surface area (Å²) < 4.78 is 6.39. The van der Waals surface area contributed by atoms with Crippen molar-refractivity contribution in [3.05, 3.63) is 82.7 Å². The van der Waals surface area contributed by atoms with Crippen molar-refractivity contribution in [1.82, 2.24) is 19.9 Å². The van der Waals surface area contributed by atoms with Crippen molar-refractivity contribution in [3.8, 4) is 0 Å². The van der Waals surface area contributed by atoms with Gasteiger partial charge in [-0.05, 0) is 112 Å². The molecule has 0 bridgehead atoms. The Hall–Kier alpha value is -3.58.